The van der Waals surface area contributed by atoms with E-state index in [2.05, 4.69) is 18.2 Å². The highest BCUT2D eigenvalue weighted by Gasteiger charge is 1.84. The highest BCUT2D eigenvalue weighted by Crippen LogP contribution is 2.03. The average molecular weight is 107 g/mol. The fraction of sp³-hybridized carbons (Fsp3) is 0.500. The van der Waals surface area contributed by atoms with Crippen LogP contribution >= 0.6 is 0 Å². The van der Waals surface area contributed by atoms with Crippen LogP contribution in [0.5, 0.6) is 0 Å². The lowest BCUT2D eigenvalue weighted by molar-refractivity contribution is 0.750. The third kappa shape index (κ3) is 1.97. The van der Waals surface area contributed by atoms with Crippen LogP contribution in [-0.2, 0) is 0 Å². The second-order valence-electron chi connectivity index (χ2n) is 2.04. The molecule has 0 bridgehead atoms. The van der Waals surface area contributed by atoms with Gasteiger partial charge in [-0.25, -0.2) is 0 Å². The van der Waals surface area contributed by atoms with Crippen molar-refractivity contribution in [2.75, 3.05) is 0 Å². The summed E-state index contributed by atoms with van der Waals surface area (Å²) in [6.45, 7) is 0. The Morgan fingerprint density at radius 3 is 3.25 bits per heavy atom. The van der Waals surface area contributed by atoms with Crippen LogP contribution in [-0.4, -0.2) is 0 Å². The molecule has 0 amide bonds. The third-order valence-electron chi connectivity index (χ3n) is 1.29. The van der Waals surface area contributed by atoms with E-state index >= 15 is 0 Å². The zero-order valence-corrected chi connectivity index (χ0v) is 5.06. The highest BCUT2D eigenvalue weighted by molar-refractivity contribution is 5.00. The van der Waals surface area contributed by atoms with Crippen LogP contribution in [0.25, 0.3) is 0 Å². The molecule has 0 atom stereocenters. The normalized spacial score (nSPS) is 28.0. The molecule has 43 valence electrons. The van der Waals surface area contributed by atoms with Crippen molar-refractivity contribution < 1.29 is 0 Å². The Morgan fingerprint density at radius 2 is 2.25 bits per heavy atom. The maximum absolute atomic E-state index is 3.18. The smallest absolute Gasteiger partial charge is 0.0276 e. The van der Waals surface area contributed by atoms with Crippen molar-refractivity contribution in [3.8, 4) is 0 Å². The maximum Gasteiger partial charge on any atom is -0.0276 e. The summed E-state index contributed by atoms with van der Waals surface area (Å²) in [5.74, 6) is 0. The largest absolute Gasteiger partial charge is 0.0845 e. The predicted octanol–water partition coefficient (Wildman–Crippen LogP) is 2.48. The van der Waals surface area contributed by atoms with Crippen LogP contribution in [0.1, 0.15) is 25.7 Å². The lowest BCUT2D eigenvalue weighted by atomic mass is 10.1. The minimum absolute atomic E-state index is 1.14. The van der Waals surface area contributed by atoms with Crippen molar-refractivity contribution in [3.63, 3.8) is 0 Å². The van der Waals surface area contributed by atoms with Gasteiger partial charge in [-0.15, -0.1) is 0 Å². The molecule has 8 heavy (non-hydrogen) atoms. The summed E-state index contributed by atoms with van der Waals surface area (Å²) in [5.41, 5.74) is 0. The number of allylic oxidation sites excluding steroid dienone is 4. The summed E-state index contributed by atoms with van der Waals surface area (Å²) in [6, 6.07) is 0. The first-order valence-corrected chi connectivity index (χ1v) is 3.22. The Hall–Kier alpha value is -0.520. The van der Waals surface area contributed by atoms with E-state index in [1.54, 1.807) is 0 Å². The van der Waals surface area contributed by atoms with Crippen LogP contribution in [0.2, 0.25) is 0 Å². The molecule has 0 aromatic heterocycles. The second-order valence-corrected chi connectivity index (χ2v) is 2.04. The molecule has 0 heterocycles. The van der Waals surface area contributed by atoms with Crippen molar-refractivity contribution in [1.82, 2.24) is 0 Å². The van der Waals surface area contributed by atoms with E-state index in [1.165, 1.54) is 19.3 Å². The van der Waals surface area contributed by atoms with Crippen LogP contribution < -0.4 is 0 Å². The zero-order chi connectivity index (χ0) is 5.66. The second kappa shape index (κ2) is 3.48. The molecule has 0 aliphatic heterocycles. The molecule has 0 nitrogen and oxygen atoms in total. The molecule has 0 unspecified atom stereocenters. The molecule has 0 saturated carbocycles. The summed E-state index contributed by atoms with van der Waals surface area (Å²) >= 11 is 0. The van der Waals surface area contributed by atoms with Crippen LogP contribution in [0.15, 0.2) is 18.2 Å². The van der Waals surface area contributed by atoms with E-state index in [0.717, 1.165) is 6.42 Å². The molecule has 0 fully saturated rings. The zero-order valence-electron chi connectivity index (χ0n) is 5.06. The van der Waals surface area contributed by atoms with Gasteiger partial charge < -0.3 is 0 Å². The van der Waals surface area contributed by atoms with Crippen LogP contribution in [0, 0.1) is 6.08 Å². The number of hydrogen-bond donors (Lipinski definition) is 0. The van der Waals surface area contributed by atoms with E-state index in [-0.39, 0.29) is 0 Å². The SMILES string of the molecule is [C]1=C\C=C/CCCC/1. The molecule has 1 aliphatic carbocycles. The molecular weight excluding hydrogens is 96.1 g/mol. The summed E-state index contributed by atoms with van der Waals surface area (Å²) in [7, 11) is 0. The lowest BCUT2D eigenvalue weighted by Gasteiger charge is -1.93. The Morgan fingerprint density at radius 1 is 1.25 bits per heavy atom. The van der Waals surface area contributed by atoms with Gasteiger partial charge >= 0.3 is 0 Å². The van der Waals surface area contributed by atoms with Gasteiger partial charge in [0, 0.05) is 0 Å². The van der Waals surface area contributed by atoms with Crippen LogP contribution in [0.4, 0.5) is 0 Å². The molecule has 1 rings (SSSR count). The van der Waals surface area contributed by atoms with Crippen molar-refractivity contribution in [3.05, 3.63) is 24.3 Å². The standard InChI is InChI=1S/C8H11/c1-2-4-6-8-7-5-3-1/h1-3H,4,6-8H2/b2-1-,5-3?. The summed E-state index contributed by atoms with van der Waals surface area (Å²) < 4.78 is 0. The molecule has 0 aromatic rings. The average Bonchev–Trinajstić information content (AvgIpc) is 1.62. The van der Waals surface area contributed by atoms with Gasteiger partial charge in [0.2, 0.25) is 0 Å². The first-order chi connectivity index (χ1) is 4.00. The monoisotopic (exact) mass is 107 g/mol. The molecule has 0 heteroatoms. The van der Waals surface area contributed by atoms with Crippen molar-refractivity contribution >= 4 is 0 Å². The Bertz CT molecular complexity index is 84.6. The van der Waals surface area contributed by atoms with E-state index in [0.29, 0.717) is 0 Å². The van der Waals surface area contributed by atoms with Crippen molar-refractivity contribution in [1.29, 1.82) is 0 Å². The molecule has 1 aliphatic rings. The first-order valence-electron chi connectivity index (χ1n) is 3.22. The van der Waals surface area contributed by atoms with Gasteiger partial charge in [-0.2, -0.15) is 0 Å². The van der Waals surface area contributed by atoms with Gasteiger partial charge in [0.1, 0.15) is 0 Å². The quantitative estimate of drug-likeness (QED) is 0.446. The minimum atomic E-state index is 1.14. The molecule has 0 aromatic carbocycles. The van der Waals surface area contributed by atoms with Gasteiger partial charge in [-0.3, -0.25) is 0 Å². The summed E-state index contributed by atoms with van der Waals surface area (Å²) in [5, 5.41) is 0. The van der Waals surface area contributed by atoms with Gasteiger partial charge in [0.25, 0.3) is 0 Å². The third-order valence-corrected chi connectivity index (χ3v) is 1.29. The van der Waals surface area contributed by atoms with E-state index in [9.17, 15) is 0 Å². The topological polar surface area (TPSA) is 0 Å². The van der Waals surface area contributed by atoms with Gasteiger partial charge in [0.05, 0.1) is 0 Å². The van der Waals surface area contributed by atoms with E-state index in [1.807, 2.05) is 6.08 Å². The van der Waals surface area contributed by atoms with Crippen LogP contribution in [0.3, 0.4) is 0 Å². The Balaban J connectivity index is 2.33. The van der Waals surface area contributed by atoms with Crippen molar-refractivity contribution in [2.24, 2.45) is 0 Å². The van der Waals surface area contributed by atoms with Gasteiger partial charge in [0.15, 0.2) is 0 Å². The van der Waals surface area contributed by atoms with E-state index < -0.39 is 0 Å². The molecule has 0 spiro atoms. The molecule has 0 saturated heterocycles. The minimum Gasteiger partial charge on any atom is -0.0845 e. The lowest BCUT2D eigenvalue weighted by Crippen LogP contribution is -1.74. The number of hydrogen-bond acceptors (Lipinski definition) is 0. The van der Waals surface area contributed by atoms with Gasteiger partial charge in [-0.1, -0.05) is 18.2 Å². The number of rotatable bonds is 0. The molecule has 1 radical (unpaired) electrons. The molecular formula is C8H11. The van der Waals surface area contributed by atoms with Gasteiger partial charge in [-0.05, 0) is 31.8 Å². The predicted molar refractivity (Wildman–Crippen MR) is 35.4 cm³/mol. The first kappa shape index (κ1) is 5.61. The molecule has 0 N–H and O–H groups in total. The maximum atomic E-state index is 3.18. The fourth-order valence-electron chi connectivity index (χ4n) is 0.805. The summed E-state index contributed by atoms with van der Waals surface area (Å²) in [4.78, 5) is 0. The Kier molecular flexibility index (Phi) is 2.44. The van der Waals surface area contributed by atoms with Crippen molar-refractivity contribution in [2.45, 2.75) is 25.7 Å². The summed E-state index contributed by atoms with van der Waals surface area (Å²) in [6.07, 6.45) is 14.5. The Labute approximate surface area is 50.9 Å². The van der Waals surface area contributed by atoms with E-state index in [4.69, 9.17) is 0 Å². The highest BCUT2D eigenvalue weighted by atomic mass is 13.9. The fourth-order valence-corrected chi connectivity index (χ4v) is 0.805.